The normalized spacial score (nSPS) is 9.46. The van der Waals surface area contributed by atoms with Gasteiger partial charge in [0.1, 0.15) is 19.8 Å². The van der Waals surface area contributed by atoms with Crippen LogP contribution in [0.2, 0.25) is 0 Å². The van der Waals surface area contributed by atoms with Gasteiger partial charge in [0, 0.05) is 12.1 Å². The fourth-order valence-corrected chi connectivity index (χ4v) is 2.03. The minimum atomic E-state index is -0.943. The molecule has 8 heteroatoms. The predicted molar refractivity (Wildman–Crippen MR) is 98.1 cm³/mol. The third kappa shape index (κ3) is 4.63. The highest BCUT2D eigenvalue weighted by atomic mass is 16.7. The lowest BCUT2D eigenvalue weighted by molar-refractivity contribution is 0.0381. The van der Waals surface area contributed by atoms with Crippen molar-refractivity contribution in [1.82, 2.24) is 4.73 Å². The van der Waals surface area contributed by atoms with E-state index in [4.69, 9.17) is 38.3 Å². The minimum absolute atomic E-state index is 0.0559. The van der Waals surface area contributed by atoms with Crippen molar-refractivity contribution in [3.63, 3.8) is 0 Å². The second kappa shape index (κ2) is 9.38. The maximum absolute atomic E-state index is 12.5. The number of aromatic hydroxyl groups is 2. The highest BCUT2D eigenvalue weighted by Crippen LogP contribution is 2.39. The number of hydrogen-bond donors (Lipinski definition) is 2. The van der Waals surface area contributed by atoms with Gasteiger partial charge in [0.05, 0.1) is 5.56 Å². The first-order valence-corrected chi connectivity index (χ1v) is 7.71. The van der Waals surface area contributed by atoms with E-state index in [0.717, 1.165) is 12.1 Å². The molecule has 0 radical (unpaired) electrons. The van der Waals surface area contributed by atoms with Gasteiger partial charge in [-0.2, -0.15) is 0 Å². The SMILES string of the molecule is C#CCOc1cc(C(=O)On2c(O)ccc2O)cc(OCC#C)c1OCC#C. The van der Waals surface area contributed by atoms with E-state index in [1.165, 1.54) is 12.1 Å². The van der Waals surface area contributed by atoms with Crippen molar-refractivity contribution in [3.05, 3.63) is 29.8 Å². The third-order valence-electron chi connectivity index (χ3n) is 3.15. The molecule has 0 aliphatic heterocycles. The molecular formula is C20H15NO7. The summed E-state index contributed by atoms with van der Waals surface area (Å²) in [6, 6.07) is 4.85. The van der Waals surface area contributed by atoms with Crippen LogP contribution in [0.25, 0.3) is 0 Å². The van der Waals surface area contributed by atoms with Crippen molar-refractivity contribution in [2.24, 2.45) is 0 Å². The Hall–Kier alpha value is -4.35. The minimum Gasteiger partial charge on any atom is -0.492 e. The molecule has 0 amide bonds. The molecule has 1 aromatic heterocycles. The molecule has 2 N–H and O–H groups in total. The van der Waals surface area contributed by atoms with E-state index < -0.39 is 17.7 Å². The maximum atomic E-state index is 12.5. The Morgan fingerprint density at radius 1 is 0.893 bits per heavy atom. The summed E-state index contributed by atoms with van der Waals surface area (Å²) in [5.74, 6) is 5.20. The van der Waals surface area contributed by atoms with E-state index in [-0.39, 0.29) is 42.6 Å². The molecule has 0 bridgehead atoms. The van der Waals surface area contributed by atoms with Crippen LogP contribution in [0.3, 0.4) is 0 Å². The average Bonchev–Trinajstić information content (AvgIpc) is 3.01. The summed E-state index contributed by atoms with van der Waals surface area (Å²) in [7, 11) is 0. The first-order chi connectivity index (χ1) is 13.5. The zero-order valence-electron chi connectivity index (χ0n) is 14.5. The molecule has 0 atom stereocenters. The van der Waals surface area contributed by atoms with Crippen molar-refractivity contribution < 1.29 is 34.1 Å². The van der Waals surface area contributed by atoms with E-state index in [2.05, 4.69) is 17.8 Å². The summed E-state index contributed by atoms with van der Waals surface area (Å²) in [6.07, 6.45) is 15.6. The van der Waals surface area contributed by atoms with Gasteiger partial charge < -0.3 is 29.3 Å². The quantitative estimate of drug-likeness (QED) is 0.663. The lowest BCUT2D eigenvalue weighted by Gasteiger charge is -2.16. The number of nitrogens with zero attached hydrogens (tertiary/aromatic N) is 1. The molecule has 0 saturated heterocycles. The molecule has 0 spiro atoms. The van der Waals surface area contributed by atoms with Crippen LogP contribution in [0.5, 0.6) is 29.0 Å². The highest BCUT2D eigenvalue weighted by molar-refractivity contribution is 5.91. The van der Waals surface area contributed by atoms with E-state index in [0.29, 0.717) is 4.73 Å². The third-order valence-corrected chi connectivity index (χ3v) is 3.15. The van der Waals surface area contributed by atoms with Crippen molar-refractivity contribution in [3.8, 4) is 66.0 Å². The summed E-state index contributed by atoms with van der Waals surface area (Å²) in [5.41, 5.74) is -0.0559. The molecule has 28 heavy (non-hydrogen) atoms. The first-order valence-electron chi connectivity index (χ1n) is 7.71. The molecule has 0 aliphatic carbocycles. The number of benzene rings is 1. The van der Waals surface area contributed by atoms with Gasteiger partial charge in [0.25, 0.3) is 0 Å². The molecular weight excluding hydrogens is 366 g/mol. The van der Waals surface area contributed by atoms with Crippen LogP contribution in [0.15, 0.2) is 24.3 Å². The molecule has 1 aromatic carbocycles. The summed E-state index contributed by atoms with van der Waals surface area (Å²) in [4.78, 5) is 17.4. The number of hydrogen-bond acceptors (Lipinski definition) is 7. The molecule has 142 valence electrons. The predicted octanol–water partition coefficient (Wildman–Crippen LogP) is 1.20. The van der Waals surface area contributed by atoms with Crippen molar-refractivity contribution in [1.29, 1.82) is 0 Å². The fraction of sp³-hybridized carbons (Fsp3) is 0.150. The number of rotatable bonds is 8. The summed E-state index contributed by atoms with van der Waals surface area (Å²) >= 11 is 0. The van der Waals surface area contributed by atoms with Crippen LogP contribution < -0.4 is 19.0 Å². The molecule has 0 saturated carbocycles. The Bertz CT molecular complexity index is 927. The Labute approximate surface area is 161 Å². The van der Waals surface area contributed by atoms with Crippen LogP contribution >= 0.6 is 0 Å². The first kappa shape index (κ1) is 20.0. The topological polar surface area (TPSA) is 99.4 Å². The van der Waals surface area contributed by atoms with Gasteiger partial charge in [-0.3, -0.25) is 0 Å². The summed E-state index contributed by atoms with van der Waals surface area (Å²) in [6.45, 7) is -0.356. The molecule has 0 fully saturated rings. The van der Waals surface area contributed by atoms with Gasteiger partial charge in [0.15, 0.2) is 11.5 Å². The van der Waals surface area contributed by atoms with Crippen molar-refractivity contribution in [2.45, 2.75) is 0 Å². The number of carbonyl (C=O) groups is 1. The van der Waals surface area contributed by atoms with Crippen LogP contribution in [-0.2, 0) is 0 Å². The highest BCUT2D eigenvalue weighted by Gasteiger charge is 2.21. The molecule has 8 nitrogen and oxygen atoms in total. The molecule has 2 rings (SSSR count). The summed E-state index contributed by atoms with van der Waals surface area (Å²) in [5, 5.41) is 19.2. The average molecular weight is 381 g/mol. The van der Waals surface area contributed by atoms with Gasteiger partial charge in [-0.15, -0.1) is 24.0 Å². The lowest BCUT2D eigenvalue weighted by atomic mass is 10.2. The van der Waals surface area contributed by atoms with Crippen molar-refractivity contribution in [2.75, 3.05) is 19.8 Å². The summed E-state index contributed by atoms with van der Waals surface area (Å²) < 4.78 is 16.8. The monoisotopic (exact) mass is 381 g/mol. The number of carbonyl (C=O) groups excluding carboxylic acids is 1. The Morgan fingerprint density at radius 3 is 1.82 bits per heavy atom. The second-order valence-corrected chi connectivity index (χ2v) is 5.00. The van der Waals surface area contributed by atoms with Gasteiger partial charge in [-0.05, 0) is 12.1 Å². The Balaban J connectivity index is 2.45. The lowest BCUT2D eigenvalue weighted by Crippen LogP contribution is -2.19. The van der Waals surface area contributed by atoms with Crippen LogP contribution in [0, 0.1) is 37.0 Å². The van der Waals surface area contributed by atoms with Gasteiger partial charge in [-0.25, -0.2) is 4.79 Å². The zero-order valence-corrected chi connectivity index (χ0v) is 14.5. The van der Waals surface area contributed by atoms with Crippen LogP contribution in [-0.4, -0.2) is 40.7 Å². The number of ether oxygens (including phenoxy) is 3. The fourth-order valence-electron chi connectivity index (χ4n) is 2.03. The zero-order chi connectivity index (χ0) is 20.5. The number of aromatic nitrogens is 1. The van der Waals surface area contributed by atoms with Crippen molar-refractivity contribution >= 4 is 5.97 Å². The van der Waals surface area contributed by atoms with Crippen LogP contribution in [0.1, 0.15) is 10.4 Å². The van der Waals surface area contributed by atoms with Gasteiger partial charge >= 0.3 is 5.97 Å². The van der Waals surface area contributed by atoms with Gasteiger partial charge in [-0.1, -0.05) is 17.8 Å². The Kier molecular flexibility index (Phi) is 6.69. The standard InChI is InChI=1S/C20H15NO7/c1-4-9-25-15-12-14(20(24)28-21-17(22)7-8-18(21)23)13-16(26-10-5-2)19(15)27-11-6-3/h1-3,7-8,12-13,22-23H,9-11H2. The maximum Gasteiger partial charge on any atom is 0.364 e. The van der Waals surface area contributed by atoms with Crippen LogP contribution in [0.4, 0.5) is 0 Å². The van der Waals surface area contributed by atoms with E-state index in [1.807, 2.05) is 0 Å². The molecule has 2 aromatic rings. The smallest absolute Gasteiger partial charge is 0.364 e. The van der Waals surface area contributed by atoms with E-state index in [1.54, 1.807) is 0 Å². The van der Waals surface area contributed by atoms with E-state index in [9.17, 15) is 15.0 Å². The second-order valence-electron chi connectivity index (χ2n) is 5.00. The van der Waals surface area contributed by atoms with E-state index >= 15 is 0 Å². The molecule has 1 heterocycles. The Morgan fingerprint density at radius 2 is 1.36 bits per heavy atom. The molecule has 0 unspecified atom stereocenters. The molecule has 0 aliphatic rings. The van der Waals surface area contributed by atoms with Gasteiger partial charge in [0.2, 0.25) is 17.5 Å². The number of terminal acetylenes is 3. The largest absolute Gasteiger partial charge is 0.492 e.